The number of hydrogen-bond donors (Lipinski definition) is 1. The summed E-state index contributed by atoms with van der Waals surface area (Å²) in [5, 5.41) is 4.55. The van der Waals surface area contributed by atoms with Crippen molar-refractivity contribution in [2.45, 2.75) is 18.9 Å². The summed E-state index contributed by atoms with van der Waals surface area (Å²) < 4.78 is 0.843. The van der Waals surface area contributed by atoms with Gasteiger partial charge in [-0.1, -0.05) is 23.2 Å². The quantitative estimate of drug-likeness (QED) is 0.822. The van der Waals surface area contributed by atoms with Crippen LogP contribution in [-0.2, 0) is 0 Å². The van der Waals surface area contributed by atoms with E-state index in [1.54, 1.807) is 0 Å². The second-order valence-electron chi connectivity index (χ2n) is 4.27. The fourth-order valence-electron chi connectivity index (χ4n) is 2.19. The van der Waals surface area contributed by atoms with Gasteiger partial charge in [0, 0.05) is 23.6 Å². The molecule has 0 amide bonds. The SMILES string of the molecule is CNC1CCCN(c2ccc(Br)c(Cl)c2Cl)C1. The van der Waals surface area contributed by atoms with Gasteiger partial charge in [-0.25, -0.2) is 0 Å². The molecule has 0 aromatic heterocycles. The molecule has 1 aromatic rings. The summed E-state index contributed by atoms with van der Waals surface area (Å²) in [6.07, 6.45) is 2.39. The fraction of sp³-hybridized carbons (Fsp3) is 0.500. The van der Waals surface area contributed by atoms with Crippen LogP contribution in [0.5, 0.6) is 0 Å². The molecule has 1 N–H and O–H groups in total. The zero-order valence-corrected chi connectivity index (χ0v) is 12.7. The average Bonchev–Trinajstić information content (AvgIpc) is 2.36. The number of rotatable bonds is 2. The van der Waals surface area contributed by atoms with Crippen LogP contribution in [0.2, 0.25) is 10.0 Å². The van der Waals surface area contributed by atoms with E-state index >= 15 is 0 Å². The number of halogens is 3. The Labute approximate surface area is 120 Å². The van der Waals surface area contributed by atoms with Crippen LogP contribution in [0.25, 0.3) is 0 Å². The first-order valence-electron chi connectivity index (χ1n) is 5.69. The second-order valence-corrected chi connectivity index (χ2v) is 5.88. The zero-order chi connectivity index (χ0) is 12.4. The van der Waals surface area contributed by atoms with E-state index in [-0.39, 0.29) is 0 Å². The highest BCUT2D eigenvalue weighted by molar-refractivity contribution is 9.10. The van der Waals surface area contributed by atoms with Gasteiger partial charge < -0.3 is 10.2 Å². The number of anilines is 1. The minimum atomic E-state index is 0.530. The Morgan fingerprint density at radius 1 is 1.35 bits per heavy atom. The minimum absolute atomic E-state index is 0.530. The molecule has 1 fully saturated rings. The van der Waals surface area contributed by atoms with Crippen molar-refractivity contribution in [1.82, 2.24) is 5.32 Å². The van der Waals surface area contributed by atoms with Crippen LogP contribution >= 0.6 is 39.1 Å². The van der Waals surface area contributed by atoms with Crippen LogP contribution in [0.3, 0.4) is 0 Å². The van der Waals surface area contributed by atoms with E-state index in [2.05, 4.69) is 26.1 Å². The van der Waals surface area contributed by atoms with Crippen molar-refractivity contribution < 1.29 is 0 Å². The third-order valence-electron chi connectivity index (χ3n) is 3.19. The number of benzene rings is 1. The summed E-state index contributed by atoms with van der Waals surface area (Å²) in [6, 6.07) is 4.50. The maximum absolute atomic E-state index is 6.30. The first-order valence-corrected chi connectivity index (χ1v) is 7.24. The lowest BCUT2D eigenvalue weighted by Gasteiger charge is -2.35. The molecule has 2 rings (SSSR count). The van der Waals surface area contributed by atoms with Crippen LogP contribution in [0.15, 0.2) is 16.6 Å². The summed E-state index contributed by atoms with van der Waals surface area (Å²) in [7, 11) is 2.00. The normalized spacial score (nSPS) is 20.7. The molecule has 0 saturated carbocycles. The number of piperidine rings is 1. The number of nitrogens with zero attached hydrogens (tertiary/aromatic N) is 1. The highest BCUT2D eigenvalue weighted by Gasteiger charge is 2.21. The largest absolute Gasteiger partial charge is 0.369 e. The van der Waals surface area contributed by atoms with Crippen molar-refractivity contribution in [2.75, 3.05) is 25.0 Å². The van der Waals surface area contributed by atoms with Crippen LogP contribution in [0.1, 0.15) is 12.8 Å². The topological polar surface area (TPSA) is 15.3 Å². The maximum Gasteiger partial charge on any atom is 0.0837 e. The Kier molecular flexibility index (Phi) is 4.59. The van der Waals surface area contributed by atoms with E-state index in [1.807, 2.05) is 19.2 Å². The van der Waals surface area contributed by atoms with E-state index in [0.717, 1.165) is 23.2 Å². The first kappa shape index (κ1) is 13.5. The standard InChI is InChI=1S/C12H15BrCl2N2/c1-16-8-3-2-6-17(7-8)10-5-4-9(13)11(14)12(10)15/h4-5,8,16H,2-3,6-7H2,1H3. The van der Waals surface area contributed by atoms with Crippen molar-refractivity contribution in [3.8, 4) is 0 Å². The van der Waals surface area contributed by atoms with E-state index in [0.29, 0.717) is 16.1 Å². The van der Waals surface area contributed by atoms with Gasteiger partial charge in [-0.15, -0.1) is 0 Å². The molecule has 1 aliphatic heterocycles. The highest BCUT2D eigenvalue weighted by Crippen LogP contribution is 2.38. The summed E-state index contributed by atoms with van der Waals surface area (Å²) in [4.78, 5) is 2.30. The van der Waals surface area contributed by atoms with E-state index < -0.39 is 0 Å². The minimum Gasteiger partial charge on any atom is -0.369 e. The van der Waals surface area contributed by atoms with Gasteiger partial charge in [0.15, 0.2) is 0 Å². The maximum atomic E-state index is 6.30. The fourth-order valence-corrected chi connectivity index (χ4v) is 3.08. The van der Waals surface area contributed by atoms with Crippen molar-refractivity contribution >= 4 is 44.8 Å². The zero-order valence-electron chi connectivity index (χ0n) is 9.64. The molecular weight excluding hydrogens is 323 g/mol. The van der Waals surface area contributed by atoms with E-state index in [4.69, 9.17) is 23.2 Å². The molecule has 1 unspecified atom stereocenters. The molecule has 0 radical (unpaired) electrons. The predicted octanol–water partition coefficient (Wildman–Crippen LogP) is 3.94. The van der Waals surface area contributed by atoms with Crippen LogP contribution in [0, 0.1) is 0 Å². The lowest BCUT2D eigenvalue weighted by atomic mass is 10.1. The third kappa shape index (κ3) is 2.90. The van der Waals surface area contributed by atoms with E-state index in [9.17, 15) is 0 Å². The highest BCUT2D eigenvalue weighted by atomic mass is 79.9. The Morgan fingerprint density at radius 2 is 2.12 bits per heavy atom. The van der Waals surface area contributed by atoms with Gasteiger partial charge in [-0.05, 0) is 48.0 Å². The molecule has 0 aliphatic carbocycles. The van der Waals surface area contributed by atoms with Gasteiger partial charge in [0.25, 0.3) is 0 Å². The summed E-state index contributed by atoms with van der Waals surface area (Å²) in [6.45, 7) is 2.02. The van der Waals surface area contributed by atoms with Crippen LogP contribution < -0.4 is 10.2 Å². The van der Waals surface area contributed by atoms with Gasteiger partial charge in [-0.2, -0.15) is 0 Å². The number of nitrogens with one attached hydrogen (secondary N) is 1. The molecule has 1 aromatic carbocycles. The molecule has 0 bridgehead atoms. The average molecular weight is 338 g/mol. The monoisotopic (exact) mass is 336 g/mol. The predicted molar refractivity (Wildman–Crippen MR) is 78.5 cm³/mol. The molecule has 2 nitrogen and oxygen atoms in total. The molecule has 1 atom stereocenters. The molecule has 1 heterocycles. The molecular formula is C12H15BrCl2N2. The van der Waals surface area contributed by atoms with Gasteiger partial charge in [-0.3, -0.25) is 0 Å². The Morgan fingerprint density at radius 3 is 2.82 bits per heavy atom. The second kappa shape index (κ2) is 5.79. The Hall–Kier alpha value is 0.0400. The van der Waals surface area contributed by atoms with Gasteiger partial charge in [0.1, 0.15) is 0 Å². The van der Waals surface area contributed by atoms with Crippen molar-refractivity contribution in [3.05, 3.63) is 26.7 Å². The smallest absolute Gasteiger partial charge is 0.0837 e. The Balaban J connectivity index is 2.25. The number of likely N-dealkylation sites (N-methyl/N-ethyl adjacent to an activating group) is 1. The molecule has 17 heavy (non-hydrogen) atoms. The van der Waals surface area contributed by atoms with Crippen LogP contribution in [-0.4, -0.2) is 26.2 Å². The molecule has 5 heteroatoms. The summed E-state index contributed by atoms with van der Waals surface area (Å²) >= 11 is 15.8. The van der Waals surface area contributed by atoms with Gasteiger partial charge in [0.05, 0.1) is 15.7 Å². The number of hydrogen-bond acceptors (Lipinski definition) is 2. The van der Waals surface area contributed by atoms with Crippen molar-refractivity contribution in [2.24, 2.45) is 0 Å². The molecule has 1 saturated heterocycles. The third-order valence-corrected chi connectivity index (χ3v) is 4.95. The van der Waals surface area contributed by atoms with Gasteiger partial charge in [0.2, 0.25) is 0 Å². The Bertz CT molecular complexity index is 412. The van der Waals surface area contributed by atoms with Crippen molar-refractivity contribution in [3.63, 3.8) is 0 Å². The van der Waals surface area contributed by atoms with Crippen molar-refractivity contribution in [1.29, 1.82) is 0 Å². The molecule has 1 aliphatic rings. The summed E-state index contributed by atoms with van der Waals surface area (Å²) in [5.74, 6) is 0. The molecule has 0 spiro atoms. The lowest BCUT2D eigenvalue weighted by molar-refractivity contribution is 0.449. The lowest BCUT2D eigenvalue weighted by Crippen LogP contribution is -2.44. The first-order chi connectivity index (χ1) is 8.13. The summed E-state index contributed by atoms with van der Waals surface area (Å²) in [5.41, 5.74) is 1.03. The van der Waals surface area contributed by atoms with E-state index in [1.165, 1.54) is 12.8 Å². The van der Waals surface area contributed by atoms with Crippen LogP contribution in [0.4, 0.5) is 5.69 Å². The molecule has 94 valence electrons. The van der Waals surface area contributed by atoms with Gasteiger partial charge >= 0.3 is 0 Å².